The maximum atomic E-state index is 12.0. The van der Waals surface area contributed by atoms with Crippen molar-refractivity contribution in [3.63, 3.8) is 0 Å². The van der Waals surface area contributed by atoms with Gasteiger partial charge < -0.3 is 5.11 Å². The van der Waals surface area contributed by atoms with Crippen LogP contribution in [0.4, 0.5) is 0 Å². The predicted molar refractivity (Wildman–Crippen MR) is 100 cm³/mol. The van der Waals surface area contributed by atoms with E-state index in [1.54, 1.807) is 4.40 Å². The van der Waals surface area contributed by atoms with E-state index in [2.05, 4.69) is 24.0 Å². The van der Waals surface area contributed by atoms with Gasteiger partial charge in [0.25, 0.3) is 0 Å². The van der Waals surface area contributed by atoms with Crippen LogP contribution >= 0.6 is 11.3 Å². The molecule has 0 fully saturated rings. The van der Waals surface area contributed by atoms with E-state index in [1.165, 1.54) is 16.9 Å². The zero-order valence-corrected chi connectivity index (χ0v) is 14.5. The molecule has 4 nitrogen and oxygen atoms in total. The van der Waals surface area contributed by atoms with Gasteiger partial charge in [0, 0.05) is 10.9 Å². The number of fused-ring (bicyclic) bond motifs is 1. The van der Waals surface area contributed by atoms with Gasteiger partial charge in [-0.1, -0.05) is 61.5 Å². The molecule has 0 atom stereocenters. The van der Waals surface area contributed by atoms with Crippen LogP contribution in [-0.4, -0.2) is 20.5 Å². The lowest BCUT2D eigenvalue weighted by atomic mass is 10.1. The minimum absolute atomic E-state index is 0.206. The topological polar surface area (TPSA) is 54.6 Å². The third kappa shape index (κ3) is 2.62. The highest BCUT2D eigenvalue weighted by molar-refractivity contribution is 7.15. The number of rotatable bonds is 4. The van der Waals surface area contributed by atoms with Crippen LogP contribution in [0.2, 0.25) is 0 Å². The second-order valence-corrected chi connectivity index (χ2v) is 6.61. The van der Waals surface area contributed by atoms with Crippen molar-refractivity contribution in [1.82, 2.24) is 9.38 Å². The SMILES string of the molecule is CCc1ccc(-c2csc3nc(-c4ccccc4)c(C(=O)O)n23)cc1. The molecule has 0 aliphatic heterocycles. The lowest BCUT2D eigenvalue weighted by Crippen LogP contribution is -2.04. The Bertz CT molecular complexity index is 1050. The second kappa shape index (κ2) is 6.18. The number of hydrogen-bond acceptors (Lipinski definition) is 3. The molecule has 0 aliphatic rings. The molecular formula is C20H16N2O2S. The van der Waals surface area contributed by atoms with E-state index >= 15 is 0 Å². The van der Waals surface area contributed by atoms with Crippen LogP contribution in [-0.2, 0) is 6.42 Å². The van der Waals surface area contributed by atoms with Crippen molar-refractivity contribution in [2.24, 2.45) is 0 Å². The standard InChI is InChI=1S/C20H16N2O2S/c1-2-13-8-10-14(11-9-13)16-12-25-20-21-17(15-6-4-3-5-7-15)18(19(23)24)22(16)20/h3-12H,2H2,1H3,(H,23,24). The smallest absolute Gasteiger partial charge is 0.355 e. The van der Waals surface area contributed by atoms with Crippen LogP contribution in [0.5, 0.6) is 0 Å². The molecular weight excluding hydrogens is 332 g/mol. The van der Waals surface area contributed by atoms with Crippen molar-refractivity contribution < 1.29 is 9.90 Å². The third-order valence-electron chi connectivity index (χ3n) is 4.27. The molecule has 0 aliphatic carbocycles. The summed E-state index contributed by atoms with van der Waals surface area (Å²) in [5.74, 6) is -0.976. The summed E-state index contributed by atoms with van der Waals surface area (Å²) in [5, 5.41) is 11.8. The van der Waals surface area contributed by atoms with Crippen molar-refractivity contribution >= 4 is 22.3 Å². The Morgan fingerprint density at radius 2 is 1.80 bits per heavy atom. The van der Waals surface area contributed by atoms with E-state index in [0.29, 0.717) is 10.7 Å². The Kier molecular flexibility index (Phi) is 3.86. The zero-order chi connectivity index (χ0) is 17.4. The number of carboxylic acids is 1. The molecule has 4 aromatic rings. The number of aromatic nitrogens is 2. The highest BCUT2D eigenvalue weighted by Gasteiger charge is 2.23. The number of aryl methyl sites for hydroxylation is 1. The molecule has 0 unspecified atom stereocenters. The summed E-state index contributed by atoms with van der Waals surface area (Å²) >= 11 is 1.45. The Morgan fingerprint density at radius 1 is 1.08 bits per heavy atom. The first kappa shape index (κ1) is 15.6. The summed E-state index contributed by atoms with van der Waals surface area (Å²) in [4.78, 5) is 17.3. The summed E-state index contributed by atoms with van der Waals surface area (Å²) in [6, 6.07) is 17.7. The first-order chi connectivity index (χ1) is 12.2. The number of nitrogens with zero attached hydrogens (tertiary/aromatic N) is 2. The molecule has 2 aromatic heterocycles. The maximum absolute atomic E-state index is 12.0. The van der Waals surface area contributed by atoms with Gasteiger partial charge in [-0.05, 0) is 17.5 Å². The molecule has 0 saturated heterocycles. The van der Waals surface area contributed by atoms with E-state index < -0.39 is 5.97 Å². The van der Waals surface area contributed by atoms with Crippen molar-refractivity contribution in [2.75, 3.05) is 0 Å². The minimum Gasteiger partial charge on any atom is -0.476 e. The van der Waals surface area contributed by atoms with Gasteiger partial charge in [0.1, 0.15) is 5.69 Å². The van der Waals surface area contributed by atoms with Gasteiger partial charge in [-0.25, -0.2) is 9.78 Å². The number of carbonyl (C=O) groups is 1. The first-order valence-corrected chi connectivity index (χ1v) is 8.95. The molecule has 124 valence electrons. The van der Waals surface area contributed by atoms with Crippen molar-refractivity contribution in [1.29, 1.82) is 0 Å². The Hall–Kier alpha value is -2.92. The summed E-state index contributed by atoms with van der Waals surface area (Å²) in [5.41, 5.74) is 4.62. The van der Waals surface area contributed by atoms with Gasteiger partial charge in [0.2, 0.25) is 0 Å². The van der Waals surface area contributed by atoms with Crippen LogP contribution < -0.4 is 0 Å². The molecule has 2 aromatic carbocycles. The molecule has 5 heteroatoms. The number of thiazole rings is 1. The van der Waals surface area contributed by atoms with Gasteiger partial charge in [-0.15, -0.1) is 11.3 Å². The van der Waals surface area contributed by atoms with Crippen LogP contribution in [0.3, 0.4) is 0 Å². The molecule has 2 heterocycles. The van der Waals surface area contributed by atoms with E-state index in [9.17, 15) is 9.90 Å². The largest absolute Gasteiger partial charge is 0.476 e. The normalized spacial score (nSPS) is 11.1. The molecule has 25 heavy (non-hydrogen) atoms. The van der Waals surface area contributed by atoms with Gasteiger partial charge >= 0.3 is 5.97 Å². The molecule has 0 saturated carbocycles. The molecule has 0 radical (unpaired) electrons. The Morgan fingerprint density at radius 3 is 2.44 bits per heavy atom. The molecule has 1 N–H and O–H groups in total. The van der Waals surface area contributed by atoms with E-state index in [-0.39, 0.29) is 5.69 Å². The molecule has 4 rings (SSSR count). The average Bonchev–Trinajstić information content (AvgIpc) is 3.21. The molecule has 0 spiro atoms. The van der Waals surface area contributed by atoms with Crippen LogP contribution in [0, 0.1) is 0 Å². The summed E-state index contributed by atoms with van der Waals surface area (Å²) < 4.78 is 1.75. The summed E-state index contributed by atoms with van der Waals surface area (Å²) in [6.45, 7) is 2.11. The number of imidazole rings is 1. The maximum Gasteiger partial charge on any atom is 0.355 e. The zero-order valence-electron chi connectivity index (χ0n) is 13.6. The number of hydrogen-bond donors (Lipinski definition) is 1. The van der Waals surface area contributed by atoms with Gasteiger partial charge in [0.15, 0.2) is 10.7 Å². The predicted octanol–water partition coefficient (Wildman–Crippen LogP) is 4.99. The second-order valence-electron chi connectivity index (χ2n) is 5.77. The van der Waals surface area contributed by atoms with Gasteiger partial charge in [0.05, 0.1) is 5.69 Å². The summed E-state index contributed by atoms with van der Waals surface area (Å²) in [6.07, 6.45) is 0.975. The number of aromatic carboxylic acids is 1. The quantitative estimate of drug-likeness (QED) is 0.565. The van der Waals surface area contributed by atoms with Crippen LogP contribution in [0.15, 0.2) is 60.0 Å². The monoisotopic (exact) mass is 348 g/mol. The highest BCUT2D eigenvalue weighted by atomic mass is 32.1. The Labute approximate surface area is 149 Å². The van der Waals surface area contributed by atoms with Crippen molar-refractivity contribution in [2.45, 2.75) is 13.3 Å². The van der Waals surface area contributed by atoms with Crippen LogP contribution in [0.1, 0.15) is 23.0 Å². The number of carboxylic acid groups (broad SMARTS) is 1. The third-order valence-corrected chi connectivity index (χ3v) is 5.10. The minimum atomic E-state index is -0.976. The molecule has 0 bridgehead atoms. The van der Waals surface area contributed by atoms with Gasteiger partial charge in [-0.2, -0.15) is 0 Å². The van der Waals surface area contributed by atoms with Crippen molar-refractivity contribution in [3.8, 4) is 22.5 Å². The lowest BCUT2D eigenvalue weighted by Gasteiger charge is -2.05. The fourth-order valence-electron chi connectivity index (χ4n) is 2.97. The number of benzene rings is 2. The van der Waals surface area contributed by atoms with Gasteiger partial charge in [-0.3, -0.25) is 4.40 Å². The van der Waals surface area contributed by atoms with Crippen LogP contribution in [0.25, 0.3) is 27.5 Å². The first-order valence-electron chi connectivity index (χ1n) is 8.07. The lowest BCUT2D eigenvalue weighted by molar-refractivity contribution is 0.0690. The highest BCUT2D eigenvalue weighted by Crippen LogP contribution is 2.33. The van der Waals surface area contributed by atoms with Crippen molar-refractivity contribution in [3.05, 3.63) is 71.2 Å². The average molecular weight is 348 g/mol. The fraction of sp³-hybridized carbons (Fsp3) is 0.100. The van der Waals surface area contributed by atoms with E-state index in [1.807, 2.05) is 47.8 Å². The fourth-order valence-corrected chi connectivity index (χ4v) is 3.86. The molecule has 0 amide bonds. The van der Waals surface area contributed by atoms with E-state index in [4.69, 9.17) is 0 Å². The summed E-state index contributed by atoms with van der Waals surface area (Å²) in [7, 11) is 0. The van der Waals surface area contributed by atoms with E-state index in [0.717, 1.165) is 23.2 Å². The Balaban J connectivity index is 1.95.